The summed E-state index contributed by atoms with van der Waals surface area (Å²) in [5.74, 6) is 5.13. The van der Waals surface area contributed by atoms with Crippen LogP contribution in [0, 0.1) is 11.8 Å². The van der Waals surface area contributed by atoms with Crippen molar-refractivity contribution in [2.24, 2.45) is 5.73 Å². The molecule has 0 aliphatic carbocycles. The van der Waals surface area contributed by atoms with Gasteiger partial charge in [-0.3, -0.25) is 4.79 Å². The number of hydrogen-bond donors (Lipinski definition) is 2. The van der Waals surface area contributed by atoms with E-state index in [1.165, 1.54) is 0 Å². The number of nitrogens with two attached hydrogens (primary N) is 1. The van der Waals surface area contributed by atoms with E-state index in [0.29, 0.717) is 0 Å². The first-order chi connectivity index (χ1) is 10.2. The highest BCUT2D eigenvalue weighted by molar-refractivity contribution is 5.88. The minimum absolute atomic E-state index is 0.126. The Morgan fingerprint density at radius 3 is 2.71 bits per heavy atom. The van der Waals surface area contributed by atoms with Crippen molar-refractivity contribution < 1.29 is 14.3 Å². The molecule has 2 rings (SSSR count). The Labute approximate surface area is 122 Å². The largest absolute Gasteiger partial charge is 0.439 e. The van der Waals surface area contributed by atoms with E-state index in [-0.39, 0.29) is 6.54 Å². The second-order valence-electron chi connectivity index (χ2n) is 4.22. The maximum atomic E-state index is 11.2. The smallest absolute Gasteiger partial charge is 0.408 e. The van der Waals surface area contributed by atoms with E-state index in [2.05, 4.69) is 21.9 Å². The number of ether oxygens (including phenoxy) is 1. The number of benzene rings is 2. The van der Waals surface area contributed by atoms with Gasteiger partial charge in [0.15, 0.2) is 6.61 Å². The quantitative estimate of drug-likeness (QED) is 0.835. The first kappa shape index (κ1) is 14.4. The average Bonchev–Trinajstić information content (AvgIpc) is 2.49. The van der Waals surface area contributed by atoms with Gasteiger partial charge < -0.3 is 15.8 Å². The topological polar surface area (TPSA) is 81.4 Å². The van der Waals surface area contributed by atoms with Crippen molar-refractivity contribution in [3.63, 3.8) is 0 Å². The lowest BCUT2D eigenvalue weighted by atomic mass is 10.1. The van der Waals surface area contributed by atoms with Gasteiger partial charge in [-0.05, 0) is 16.8 Å². The van der Waals surface area contributed by atoms with Gasteiger partial charge in [-0.2, -0.15) is 0 Å². The summed E-state index contributed by atoms with van der Waals surface area (Å²) in [6.45, 7) is -0.316. The van der Waals surface area contributed by atoms with Gasteiger partial charge in [-0.15, -0.1) is 0 Å². The Balaban J connectivity index is 1.96. The molecule has 0 aromatic heterocycles. The number of alkyl carbamates (subject to hydrolysis) is 1. The van der Waals surface area contributed by atoms with E-state index >= 15 is 0 Å². The summed E-state index contributed by atoms with van der Waals surface area (Å²) < 4.78 is 4.53. The minimum atomic E-state index is -0.721. The van der Waals surface area contributed by atoms with Crippen molar-refractivity contribution in [2.45, 2.75) is 0 Å². The van der Waals surface area contributed by atoms with E-state index < -0.39 is 18.6 Å². The molecule has 2 amide bonds. The van der Waals surface area contributed by atoms with Crippen LogP contribution in [-0.4, -0.2) is 25.2 Å². The molecule has 0 spiro atoms. The van der Waals surface area contributed by atoms with Crippen molar-refractivity contribution in [1.29, 1.82) is 0 Å². The van der Waals surface area contributed by atoms with E-state index in [1.807, 2.05) is 42.5 Å². The molecule has 0 fully saturated rings. The number of carbonyl (C=O) groups excluding carboxylic acids is 2. The zero-order valence-corrected chi connectivity index (χ0v) is 11.3. The van der Waals surface area contributed by atoms with Crippen LogP contribution in [0.3, 0.4) is 0 Å². The minimum Gasteiger partial charge on any atom is -0.439 e. The monoisotopic (exact) mass is 282 g/mol. The molecular formula is C16H14N2O3. The van der Waals surface area contributed by atoms with Crippen molar-refractivity contribution in [2.75, 3.05) is 13.2 Å². The summed E-state index contributed by atoms with van der Waals surface area (Å²) >= 11 is 0. The van der Waals surface area contributed by atoms with Crippen LogP contribution < -0.4 is 11.1 Å². The Morgan fingerprint density at radius 2 is 1.90 bits per heavy atom. The molecule has 0 unspecified atom stereocenters. The summed E-state index contributed by atoms with van der Waals surface area (Å²) in [6, 6.07) is 13.8. The van der Waals surface area contributed by atoms with Crippen LogP contribution >= 0.6 is 0 Å². The van der Waals surface area contributed by atoms with Gasteiger partial charge in [0.1, 0.15) is 0 Å². The van der Waals surface area contributed by atoms with Gasteiger partial charge in [0.25, 0.3) is 5.91 Å². The molecule has 5 heteroatoms. The van der Waals surface area contributed by atoms with Crippen LogP contribution in [-0.2, 0) is 9.53 Å². The van der Waals surface area contributed by atoms with Gasteiger partial charge in [0.05, 0.1) is 6.54 Å². The highest BCUT2D eigenvalue weighted by Gasteiger charge is 2.01. The zero-order valence-electron chi connectivity index (χ0n) is 11.3. The summed E-state index contributed by atoms with van der Waals surface area (Å²) in [5, 5.41) is 4.58. The highest BCUT2D eigenvalue weighted by Crippen LogP contribution is 2.17. The third-order valence-electron chi connectivity index (χ3n) is 2.68. The van der Waals surface area contributed by atoms with Gasteiger partial charge in [0, 0.05) is 5.56 Å². The molecule has 106 valence electrons. The van der Waals surface area contributed by atoms with Gasteiger partial charge in [0.2, 0.25) is 0 Å². The molecule has 0 bridgehead atoms. The Bertz CT molecular complexity index is 724. The molecule has 2 aromatic carbocycles. The number of rotatable bonds is 3. The lowest BCUT2D eigenvalue weighted by molar-refractivity contribution is -0.120. The maximum absolute atomic E-state index is 11.2. The summed E-state index contributed by atoms with van der Waals surface area (Å²) in [7, 11) is 0. The third kappa shape index (κ3) is 4.25. The molecule has 21 heavy (non-hydrogen) atoms. The molecule has 0 saturated carbocycles. The number of fused-ring (bicyclic) bond motifs is 1. The SMILES string of the molecule is NC(=O)COC(=O)NCC#Cc1cccc2ccccc12. The van der Waals surface area contributed by atoms with Crippen LogP contribution in [0.15, 0.2) is 42.5 Å². The molecule has 0 heterocycles. The third-order valence-corrected chi connectivity index (χ3v) is 2.68. The molecule has 0 aliphatic rings. The fraction of sp³-hybridized carbons (Fsp3) is 0.125. The molecule has 2 aromatic rings. The predicted octanol–water partition coefficient (Wildman–Crippen LogP) is 1.40. The number of amides is 2. The van der Waals surface area contributed by atoms with Crippen LogP contribution in [0.1, 0.15) is 5.56 Å². The molecule has 3 N–H and O–H groups in total. The summed E-state index contributed by atoms with van der Waals surface area (Å²) in [5.41, 5.74) is 5.74. The number of primary amides is 1. The number of carbonyl (C=O) groups is 2. The Morgan fingerprint density at radius 1 is 1.14 bits per heavy atom. The summed E-state index contributed by atoms with van der Waals surface area (Å²) in [6.07, 6.45) is -0.721. The van der Waals surface area contributed by atoms with Crippen LogP contribution in [0.5, 0.6) is 0 Å². The Hall–Kier alpha value is -3.00. The lowest BCUT2D eigenvalue weighted by Gasteiger charge is -2.01. The van der Waals surface area contributed by atoms with Crippen LogP contribution in [0.2, 0.25) is 0 Å². The van der Waals surface area contributed by atoms with Crippen LogP contribution in [0.25, 0.3) is 10.8 Å². The fourth-order valence-electron chi connectivity index (χ4n) is 1.78. The van der Waals surface area contributed by atoms with E-state index in [4.69, 9.17) is 5.73 Å². The normalized spacial score (nSPS) is 9.52. The molecule has 0 radical (unpaired) electrons. The number of hydrogen-bond acceptors (Lipinski definition) is 3. The number of nitrogens with one attached hydrogen (secondary N) is 1. The van der Waals surface area contributed by atoms with Crippen molar-refractivity contribution >= 4 is 22.8 Å². The second-order valence-corrected chi connectivity index (χ2v) is 4.22. The van der Waals surface area contributed by atoms with E-state index in [0.717, 1.165) is 16.3 Å². The highest BCUT2D eigenvalue weighted by atomic mass is 16.6. The van der Waals surface area contributed by atoms with Crippen molar-refractivity contribution in [3.05, 3.63) is 48.0 Å². The van der Waals surface area contributed by atoms with Gasteiger partial charge in [-0.1, -0.05) is 48.2 Å². The van der Waals surface area contributed by atoms with Crippen LogP contribution in [0.4, 0.5) is 4.79 Å². The first-order valence-corrected chi connectivity index (χ1v) is 6.32. The van der Waals surface area contributed by atoms with E-state index in [1.54, 1.807) is 0 Å². The standard InChI is InChI=1S/C16H14N2O3/c17-15(19)11-21-16(20)18-10-4-8-13-7-3-6-12-5-1-2-9-14(12)13/h1-3,5-7,9H,10-11H2,(H2,17,19)(H,18,20). The Kier molecular flexibility index (Phi) is 4.78. The molecule has 0 atom stereocenters. The molecule has 5 nitrogen and oxygen atoms in total. The first-order valence-electron chi connectivity index (χ1n) is 6.32. The van der Waals surface area contributed by atoms with Gasteiger partial charge >= 0.3 is 6.09 Å². The van der Waals surface area contributed by atoms with E-state index in [9.17, 15) is 9.59 Å². The fourth-order valence-corrected chi connectivity index (χ4v) is 1.78. The maximum Gasteiger partial charge on any atom is 0.408 e. The van der Waals surface area contributed by atoms with Gasteiger partial charge in [-0.25, -0.2) is 4.79 Å². The van der Waals surface area contributed by atoms with Crippen molar-refractivity contribution in [3.8, 4) is 11.8 Å². The predicted molar refractivity (Wildman–Crippen MR) is 79.4 cm³/mol. The molecule has 0 aliphatic heterocycles. The average molecular weight is 282 g/mol. The van der Waals surface area contributed by atoms with Crippen molar-refractivity contribution in [1.82, 2.24) is 5.32 Å². The zero-order chi connectivity index (χ0) is 15.1. The second kappa shape index (κ2) is 6.96. The summed E-state index contributed by atoms with van der Waals surface area (Å²) in [4.78, 5) is 21.6. The lowest BCUT2D eigenvalue weighted by Crippen LogP contribution is -2.29. The molecular weight excluding hydrogens is 268 g/mol. The molecule has 0 saturated heterocycles.